The van der Waals surface area contributed by atoms with Crippen LogP contribution in [0.1, 0.15) is 23.1 Å². The van der Waals surface area contributed by atoms with E-state index in [0.29, 0.717) is 34.7 Å². The summed E-state index contributed by atoms with van der Waals surface area (Å²) in [5.74, 6) is -0.766. The van der Waals surface area contributed by atoms with E-state index in [-0.39, 0.29) is 23.6 Å². The number of halogens is 4. The Balaban J connectivity index is 1.57. The minimum absolute atomic E-state index is 0.0215. The molecule has 0 bridgehead atoms. The number of hydrogen-bond donors (Lipinski definition) is 0. The van der Waals surface area contributed by atoms with Gasteiger partial charge < -0.3 is 14.4 Å². The fourth-order valence-corrected chi connectivity index (χ4v) is 4.41. The summed E-state index contributed by atoms with van der Waals surface area (Å²) in [6, 6.07) is 9.18. The molecule has 1 fully saturated rings. The molecule has 2 aliphatic rings. The van der Waals surface area contributed by atoms with Crippen molar-refractivity contribution in [2.75, 3.05) is 20.2 Å². The van der Waals surface area contributed by atoms with Crippen LogP contribution in [0, 0.1) is 11.3 Å². The molecule has 34 heavy (non-hydrogen) atoms. The molecule has 0 N–H and O–H groups in total. The van der Waals surface area contributed by atoms with Gasteiger partial charge in [0.15, 0.2) is 16.7 Å². The van der Waals surface area contributed by atoms with E-state index in [1.165, 1.54) is 25.3 Å². The highest BCUT2D eigenvalue weighted by Gasteiger charge is 2.35. The van der Waals surface area contributed by atoms with E-state index < -0.39 is 29.6 Å². The van der Waals surface area contributed by atoms with Crippen molar-refractivity contribution in [2.24, 2.45) is 4.99 Å². The minimum Gasteiger partial charge on any atom is -0.493 e. The molecular formula is C23H17F4N3O3S. The molecule has 11 heteroatoms. The lowest BCUT2D eigenvalue weighted by atomic mass is 10.1. The van der Waals surface area contributed by atoms with Crippen molar-refractivity contribution in [2.45, 2.75) is 18.8 Å². The normalized spacial score (nSPS) is 19.4. The second kappa shape index (κ2) is 9.38. The number of likely N-dealkylation sites (tertiary alicyclic amines) is 1. The van der Waals surface area contributed by atoms with E-state index in [1.807, 2.05) is 0 Å². The predicted octanol–water partition coefficient (Wildman–Crippen LogP) is 5.39. The summed E-state index contributed by atoms with van der Waals surface area (Å²) in [5.41, 5.74) is -0.697. The van der Waals surface area contributed by atoms with Crippen molar-refractivity contribution in [3.05, 3.63) is 58.0 Å². The van der Waals surface area contributed by atoms with E-state index in [2.05, 4.69) is 4.99 Å². The maximum atomic E-state index is 13.5. The van der Waals surface area contributed by atoms with Crippen LogP contribution in [0.3, 0.4) is 0 Å². The molecule has 0 spiro atoms. The van der Waals surface area contributed by atoms with E-state index >= 15 is 0 Å². The topological polar surface area (TPSA) is 74.9 Å². The number of alkyl halides is 4. The van der Waals surface area contributed by atoms with Gasteiger partial charge in [-0.15, -0.1) is 0 Å². The molecule has 4 rings (SSSR count). The molecule has 1 amide bonds. The first-order valence-electron chi connectivity index (χ1n) is 10.1. The zero-order chi connectivity index (χ0) is 24.5. The number of methoxy groups -OCH3 is 1. The van der Waals surface area contributed by atoms with Crippen LogP contribution in [0.25, 0.3) is 6.08 Å². The van der Waals surface area contributed by atoms with Gasteiger partial charge in [-0.1, -0.05) is 6.07 Å². The highest BCUT2D eigenvalue weighted by Crippen LogP contribution is 2.41. The summed E-state index contributed by atoms with van der Waals surface area (Å²) < 4.78 is 64.6. The molecule has 0 radical (unpaired) electrons. The summed E-state index contributed by atoms with van der Waals surface area (Å²) in [7, 11) is 1.33. The van der Waals surface area contributed by atoms with Crippen LogP contribution in [-0.2, 0) is 11.0 Å². The average Bonchev–Trinajstić information content (AvgIpc) is 3.39. The van der Waals surface area contributed by atoms with Gasteiger partial charge in [-0.2, -0.15) is 23.4 Å². The third kappa shape index (κ3) is 5.02. The number of nitrogens with zero attached hydrogens (tertiary/aromatic N) is 3. The van der Waals surface area contributed by atoms with Crippen LogP contribution in [-0.4, -0.2) is 42.3 Å². The van der Waals surface area contributed by atoms with Gasteiger partial charge in [-0.3, -0.25) is 4.79 Å². The second-order valence-corrected chi connectivity index (χ2v) is 8.48. The van der Waals surface area contributed by atoms with Gasteiger partial charge in [0.05, 0.1) is 35.8 Å². The SMILES string of the molecule is COc1cc(/C=C2/SC(N3CCC(F)C3)=NC2=O)ccc1Oc1ccc(C#N)cc1C(F)(F)F. The number of nitriles is 1. The zero-order valence-corrected chi connectivity index (χ0v) is 18.5. The highest BCUT2D eigenvalue weighted by atomic mass is 32.2. The first kappa shape index (κ1) is 23.6. The van der Waals surface area contributed by atoms with Crippen LogP contribution in [0.2, 0.25) is 0 Å². The maximum Gasteiger partial charge on any atom is 0.420 e. The van der Waals surface area contributed by atoms with E-state index in [0.717, 1.165) is 17.8 Å². The molecular weight excluding hydrogens is 474 g/mol. The van der Waals surface area contributed by atoms with Crippen molar-refractivity contribution >= 4 is 28.9 Å². The van der Waals surface area contributed by atoms with E-state index in [4.69, 9.17) is 14.7 Å². The zero-order valence-electron chi connectivity index (χ0n) is 17.7. The molecule has 1 atom stereocenters. The molecule has 0 aliphatic carbocycles. The number of rotatable bonds is 4. The Morgan fingerprint density at radius 3 is 2.62 bits per heavy atom. The number of ether oxygens (including phenoxy) is 2. The third-order valence-corrected chi connectivity index (χ3v) is 6.17. The minimum atomic E-state index is -4.73. The molecule has 1 saturated heterocycles. The Morgan fingerprint density at radius 2 is 1.97 bits per heavy atom. The van der Waals surface area contributed by atoms with Crippen molar-refractivity contribution in [1.29, 1.82) is 5.26 Å². The number of carbonyl (C=O) groups excluding carboxylic acids is 1. The Morgan fingerprint density at radius 1 is 1.21 bits per heavy atom. The fourth-order valence-electron chi connectivity index (χ4n) is 3.46. The van der Waals surface area contributed by atoms with Gasteiger partial charge in [0.2, 0.25) is 0 Å². The number of hydrogen-bond acceptors (Lipinski definition) is 6. The molecule has 1 unspecified atom stereocenters. The van der Waals surface area contributed by atoms with Gasteiger partial charge in [-0.25, -0.2) is 4.39 Å². The Hall–Kier alpha value is -3.52. The number of aliphatic imine (C=N–C) groups is 1. The van der Waals surface area contributed by atoms with Crippen LogP contribution in [0.4, 0.5) is 17.6 Å². The monoisotopic (exact) mass is 491 g/mol. The van der Waals surface area contributed by atoms with Gasteiger partial charge in [0.1, 0.15) is 11.9 Å². The lowest BCUT2D eigenvalue weighted by Gasteiger charge is -2.16. The largest absolute Gasteiger partial charge is 0.493 e. The first-order chi connectivity index (χ1) is 16.2. The first-order valence-corrected chi connectivity index (χ1v) is 10.9. The summed E-state index contributed by atoms with van der Waals surface area (Å²) in [5, 5.41) is 9.36. The Kier molecular flexibility index (Phi) is 6.52. The fraction of sp³-hybridized carbons (Fsp3) is 0.261. The molecule has 0 saturated carbocycles. The van der Waals surface area contributed by atoms with Crippen LogP contribution in [0.15, 0.2) is 46.3 Å². The summed E-state index contributed by atoms with van der Waals surface area (Å²) in [6.45, 7) is 0.685. The van der Waals surface area contributed by atoms with Crippen molar-refractivity contribution < 1.29 is 31.8 Å². The highest BCUT2D eigenvalue weighted by molar-refractivity contribution is 8.18. The molecule has 2 aromatic rings. The predicted molar refractivity (Wildman–Crippen MR) is 118 cm³/mol. The lowest BCUT2D eigenvalue weighted by molar-refractivity contribution is -0.138. The van der Waals surface area contributed by atoms with Crippen LogP contribution < -0.4 is 9.47 Å². The van der Waals surface area contributed by atoms with Gasteiger partial charge in [0, 0.05) is 6.54 Å². The van der Waals surface area contributed by atoms with Crippen LogP contribution >= 0.6 is 11.8 Å². The lowest BCUT2D eigenvalue weighted by Crippen LogP contribution is -2.25. The standard InChI is InChI=1S/C23H17F4N3O3S/c1-32-19-9-13(10-20-21(31)29-22(34-20)30-7-6-15(24)12-30)2-5-18(19)33-17-4-3-14(11-28)8-16(17)23(25,26)27/h2-5,8-10,15H,6-7,12H2,1H3/b20-10+. The van der Waals surface area contributed by atoms with E-state index in [1.54, 1.807) is 23.1 Å². The maximum absolute atomic E-state index is 13.5. The number of benzene rings is 2. The van der Waals surface area contributed by atoms with Crippen LogP contribution in [0.5, 0.6) is 17.2 Å². The van der Waals surface area contributed by atoms with Crippen molar-refractivity contribution in [1.82, 2.24) is 4.90 Å². The van der Waals surface area contributed by atoms with E-state index in [9.17, 15) is 22.4 Å². The van der Waals surface area contributed by atoms with Crippen molar-refractivity contribution in [3.63, 3.8) is 0 Å². The molecule has 2 heterocycles. The van der Waals surface area contributed by atoms with Gasteiger partial charge in [-0.05, 0) is 60.2 Å². The van der Waals surface area contributed by atoms with Gasteiger partial charge in [0.25, 0.3) is 5.91 Å². The number of thioether (sulfide) groups is 1. The summed E-state index contributed by atoms with van der Waals surface area (Å²) >= 11 is 1.14. The Labute approximate surface area is 196 Å². The smallest absolute Gasteiger partial charge is 0.420 e. The number of amides is 1. The van der Waals surface area contributed by atoms with Crippen molar-refractivity contribution in [3.8, 4) is 23.3 Å². The number of carbonyl (C=O) groups is 1. The number of amidine groups is 1. The molecule has 6 nitrogen and oxygen atoms in total. The summed E-state index contributed by atoms with van der Waals surface area (Å²) in [4.78, 5) is 18.3. The second-order valence-electron chi connectivity index (χ2n) is 7.48. The molecule has 0 aromatic heterocycles. The molecule has 176 valence electrons. The summed E-state index contributed by atoms with van der Waals surface area (Å²) in [6.07, 6.45) is -3.71. The third-order valence-electron chi connectivity index (χ3n) is 5.13. The van der Waals surface area contributed by atoms with Gasteiger partial charge >= 0.3 is 6.18 Å². The average molecular weight is 491 g/mol. The Bertz CT molecular complexity index is 1240. The quantitative estimate of drug-likeness (QED) is 0.422. The molecule has 2 aliphatic heterocycles. The molecule has 2 aromatic carbocycles.